The molecule has 0 aromatic carbocycles. The van der Waals surface area contributed by atoms with Crippen molar-refractivity contribution in [2.45, 2.75) is 56.9 Å². The molecule has 2 heterocycles. The summed E-state index contributed by atoms with van der Waals surface area (Å²) in [5, 5.41) is 3.31. The highest BCUT2D eigenvalue weighted by molar-refractivity contribution is 5.76. The first kappa shape index (κ1) is 15.5. The zero-order valence-corrected chi connectivity index (χ0v) is 12.4. The van der Waals surface area contributed by atoms with Crippen molar-refractivity contribution >= 4 is 5.97 Å². The van der Waals surface area contributed by atoms with E-state index in [1.165, 1.54) is 20.0 Å². The van der Waals surface area contributed by atoms with Crippen molar-refractivity contribution < 1.29 is 19.0 Å². The maximum atomic E-state index is 11.8. The van der Waals surface area contributed by atoms with Gasteiger partial charge in [0, 0.05) is 18.9 Å². The minimum Gasteiger partial charge on any atom is -0.468 e. The molecule has 2 fully saturated rings. The topological polar surface area (TPSA) is 56.8 Å². The maximum Gasteiger partial charge on any atom is 0.323 e. The van der Waals surface area contributed by atoms with E-state index in [-0.39, 0.29) is 18.1 Å². The molecule has 0 aromatic heterocycles. The molecule has 0 aliphatic carbocycles. The molecule has 2 rings (SSSR count). The first-order chi connectivity index (χ1) is 9.69. The Morgan fingerprint density at radius 1 is 1.40 bits per heavy atom. The predicted molar refractivity (Wildman–Crippen MR) is 75.3 cm³/mol. The number of hydrogen-bond acceptors (Lipinski definition) is 5. The fourth-order valence-corrected chi connectivity index (χ4v) is 2.84. The molecule has 2 atom stereocenters. The number of esters is 1. The van der Waals surface area contributed by atoms with Gasteiger partial charge in [0.05, 0.1) is 20.3 Å². The van der Waals surface area contributed by atoms with Gasteiger partial charge in [-0.1, -0.05) is 31.9 Å². The molecule has 0 radical (unpaired) electrons. The number of carbonyl (C=O) groups is 1. The summed E-state index contributed by atoms with van der Waals surface area (Å²) in [5.74, 6) is -0.876. The van der Waals surface area contributed by atoms with Crippen molar-refractivity contribution in [2.75, 3.05) is 20.3 Å². The number of unbranched alkanes of at least 4 members (excludes halogenated alkanes) is 2. The molecule has 0 saturated carbocycles. The van der Waals surface area contributed by atoms with Crippen LogP contribution in [0.4, 0.5) is 0 Å². The van der Waals surface area contributed by atoms with Gasteiger partial charge in [-0.25, -0.2) is 0 Å². The van der Waals surface area contributed by atoms with Gasteiger partial charge in [0.25, 0.3) is 0 Å². The van der Waals surface area contributed by atoms with E-state index in [4.69, 9.17) is 14.2 Å². The average Bonchev–Trinajstić information content (AvgIpc) is 2.90. The number of ether oxygens (including phenoxy) is 3. The third kappa shape index (κ3) is 3.81. The number of rotatable bonds is 5. The lowest BCUT2D eigenvalue weighted by Crippen LogP contribution is -2.56. The predicted octanol–water partition coefficient (Wildman–Crippen LogP) is 1.77. The molecule has 1 spiro atoms. The molecular formula is C15H25NO4. The Morgan fingerprint density at radius 3 is 2.80 bits per heavy atom. The summed E-state index contributed by atoms with van der Waals surface area (Å²) in [6.45, 7) is 3.37. The van der Waals surface area contributed by atoms with Crippen LogP contribution < -0.4 is 5.32 Å². The molecule has 1 N–H and O–H groups in total. The highest BCUT2D eigenvalue weighted by Gasteiger charge is 2.46. The summed E-state index contributed by atoms with van der Waals surface area (Å²) in [6, 6.07) is -0.282. The fraction of sp³-hybridized carbons (Fsp3) is 0.800. The number of methoxy groups -OCH3 is 1. The molecule has 2 saturated heterocycles. The Labute approximate surface area is 120 Å². The van der Waals surface area contributed by atoms with Crippen LogP contribution in [-0.4, -0.2) is 44.2 Å². The second-order valence-corrected chi connectivity index (χ2v) is 5.44. The highest BCUT2D eigenvalue weighted by Crippen LogP contribution is 2.34. The molecule has 20 heavy (non-hydrogen) atoms. The molecular weight excluding hydrogens is 258 g/mol. The fourth-order valence-electron chi connectivity index (χ4n) is 2.84. The normalized spacial score (nSPS) is 29.1. The van der Waals surface area contributed by atoms with Crippen LogP contribution in [0.2, 0.25) is 0 Å². The van der Waals surface area contributed by atoms with E-state index in [1.54, 1.807) is 0 Å². The van der Waals surface area contributed by atoms with Crippen molar-refractivity contribution in [1.29, 1.82) is 0 Å². The Hall–Kier alpha value is -0.910. The summed E-state index contributed by atoms with van der Waals surface area (Å²) in [4.78, 5) is 11.8. The zero-order valence-electron chi connectivity index (χ0n) is 12.4. The molecule has 2 aliphatic heterocycles. The van der Waals surface area contributed by atoms with E-state index in [0.29, 0.717) is 19.6 Å². The Bertz CT molecular complexity index is 350. The Balaban J connectivity index is 2.00. The SMILES string of the molecule is CCCC/C=C/[C@H]1CC2(C[C@@H](C(=O)OC)N1)OCCO2. The second kappa shape index (κ2) is 7.20. The van der Waals surface area contributed by atoms with Gasteiger partial charge in [0.15, 0.2) is 5.79 Å². The van der Waals surface area contributed by atoms with Gasteiger partial charge < -0.3 is 14.2 Å². The third-order valence-electron chi connectivity index (χ3n) is 3.85. The standard InChI is InChI=1S/C15H25NO4/c1-3-4-5-6-7-12-10-15(19-8-9-20-15)11-13(16-12)14(17)18-2/h6-7,12-13,16H,3-5,8-11H2,1-2H3/b7-6+/t12-,13-/m0/s1. The zero-order chi connectivity index (χ0) is 14.4. The summed E-state index contributed by atoms with van der Waals surface area (Å²) < 4.78 is 16.4. The van der Waals surface area contributed by atoms with Crippen LogP contribution >= 0.6 is 0 Å². The number of carbonyl (C=O) groups excluding carboxylic acids is 1. The minimum atomic E-state index is -0.621. The van der Waals surface area contributed by atoms with Crippen LogP contribution in [0.1, 0.15) is 39.0 Å². The van der Waals surface area contributed by atoms with Crippen molar-refractivity contribution in [3.05, 3.63) is 12.2 Å². The molecule has 5 heteroatoms. The van der Waals surface area contributed by atoms with Gasteiger partial charge in [-0.15, -0.1) is 0 Å². The maximum absolute atomic E-state index is 11.8. The summed E-state index contributed by atoms with van der Waals surface area (Å²) >= 11 is 0. The van der Waals surface area contributed by atoms with E-state index < -0.39 is 5.79 Å². The molecule has 0 unspecified atom stereocenters. The van der Waals surface area contributed by atoms with Gasteiger partial charge in [-0.2, -0.15) is 0 Å². The lowest BCUT2D eigenvalue weighted by Gasteiger charge is -2.39. The van der Waals surface area contributed by atoms with E-state index in [0.717, 1.165) is 12.8 Å². The minimum absolute atomic E-state index is 0.0859. The van der Waals surface area contributed by atoms with Crippen molar-refractivity contribution in [3.8, 4) is 0 Å². The van der Waals surface area contributed by atoms with Crippen LogP contribution in [0, 0.1) is 0 Å². The lowest BCUT2D eigenvalue weighted by molar-refractivity contribution is -0.191. The number of nitrogens with one attached hydrogen (secondary N) is 1. The number of allylic oxidation sites excluding steroid dienone is 1. The largest absolute Gasteiger partial charge is 0.468 e. The molecule has 2 aliphatic rings. The van der Waals surface area contributed by atoms with E-state index in [9.17, 15) is 4.79 Å². The Morgan fingerprint density at radius 2 is 2.15 bits per heavy atom. The van der Waals surface area contributed by atoms with Gasteiger partial charge in [-0.05, 0) is 6.42 Å². The van der Waals surface area contributed by atoms with Crippen LogP contribution in [0.15, 0.2) is 12.2 Å². The van der Waals surface area contributed by atoms with E-state index >= 15 is 0 Å². The van der Waals surface area contributed by atoms with E-state index in [1.807, 2.05) is 0 Å². The molecule has 0 aromatic rings. The third-order valence-corrected chi connectivity index (χ3v) is 3.85. The summed E-state index contributed by atoms with van der Waals surface area (Å²) in [6.07, 6.45) is 8.97. The smallest absolute Gasteiger partial charge is 0.323 e. The monoisotopic (exact) mass is 283 g/mol. The van der Waals surface area contributed by atoms with Gasteiger partial charge in [0.1, 0.15) is 6.04 Å². The van der Waals surface area contributed by atoms with E-state index in [2.05, 4.69) is 24.4 Å². The van der Waals surface area contributed by atoms with Crippen LogP contribution in [0.5, 0.6) is 0 Å². The first-order valence-corrected chi connectivity index (χ1v) is 7.47. The highest BCUT2D eigenvalue weighted by atomic mass is 16.7. The molecule has 114 valence electrons. The molecule has 0 amide bonds. The Kier molecular flexibility index (Phi) is 5.57. The van der Waals surface area contributed by atoms with Gasteiger partial charge in [0.2, 0.25) is 0 Å². The van der Waals surface area contributed by atoms with Gasteiger partial charge in [-0.3, -0.25) is 10.1 Å². The summed E-state index contributed by atoms with van der Waals surface area (Å²) in [7, 11) is 1.41. The molecule has 5 nitrogen and oxygen atoms in total. The quantitative estimate of drug-likeness (QED) is 0.473. The van der Waals surface area contributed by atoms with Crippen molar-refractivity contribution in [2.24, 2.45) is 0 Å². The van der Waals surface area contributed by atoms with Crippen LogP contribution in [0.3, 0.4) is 0 Å². The number of hydrogen-bond donors (Lipinski definition) is 1. The lowest BCUT2D eigenvalue weighted by atomic mass is 9.92. The van der Waals surface area contributed by atoms with Gasteiger partial charge >= 0.3 is 5.97 Å². The van der Waals surface area contributed by atoms with Crippen LogP contribution in [-0.2, 0) is 19.0 Å². The van der Waals surface area contributed by atoms with Crippen molar-refractivity contribution in [3.63, 3.8) is 0 Å². The van der Waals surface area contributed by atoms with Crippen molar-refractivity contribution in [1.82, 2.24) is 5.32 Å². The summed E-state index contributed by atoms with van der Waals surface area (Å²) in [5.41, 5.74) is 0. The number of piperidine rings is 1. The van der Waals surface area contributed by atoms with Crippen LogP contribution in [0.25, 0.3) is 0 Å². The second-order valence-electron chi connectivity index (χ2n) is 5.44. The molecule has 0 bridgehead atoms. The first-order valence-electron chi connectivity index (χ1n) is 7.47. The average molecular weight is 283 g/mol.